The van der Waals surface area contributed by atoms with Crippen molar-refractivity contribution in [2.75, 3.05) is 6.54 Å². The average molecular weight is 311 g/mol. The first-order chi connectivity index (χ1) is 9.87. The lowest BCUT2D eigenvalue weighted by atomic mass is 10.0. The molecule has 1 saturated heterocycles. The fourth-order valence-corrected chi connectivity index (χ4v) is 4.51. The molecule has 1 fully saturated rings. The van der Waals surface area contributed by atoms with Crippen LogP contribution >= 0.6 is 0 Å². The number of carboxylic acid groups (broad SMARTS) is 1. The van der Waals surface area contributed by atoms with Crippen molar-refractivity contribution in [3.8, 4) is 0 Å². The minimum Gasteiger partial charge on any atom is -0.481 e. The molecule has 1 heterocycles. The number of carbonyl (C=O) groups is 1. The molecular formula is C15H21NO4S. The fourth-order valence-electron chi connectivity index (χ4n) is 2.83. The summed E-state index contributed by atoms with van der Waals surface area (Å²) in [4.78, 5) is 11.4. The summed E-state index contributed by atoms with van der Waals surface area (Å²) in [5.41, 5.74) is 1.11. The summed E-state index contributed by atoms with van der Waals surface area (Å²) >= 11 is 0. The number of hydrogen-bond donors (Lipinski definition) is 1. The molecule has 21 heavy (non-hydrogen) atoms. The standard InChI is InChI=1S/C15H21NO4S/c1-3-4-12-5-7-13(8-6-12)21(19,20)16-10-9-14(11(16)2)15(17)18/h5-8,11,14H,3-4,9-10H2,1-2H3,(H,17,18). The quantitative estimate of drug-likeness (QED) is 0.904. The summed E-state index contributed by atoms with van der Waals surface area (Å²) in [7, 11) is -3.62. The minimum atomic E-state index is -3.62. The molecule has 0 saturated carbocycles. The van der Waals surface area contributed by atoms with Crippen LogP contribution in [0.15, 0.2) is 29.2 Å². The van der Waals surface area contributed by atoms with Crippen molar-refractivity contribution >= 4 is 16.0 Å². The van der Waals surface area contributed by atoms with Gasteiger partial charge in [0.2, 0.25) is 10.0 Å². The fraction of sp³-hybridized carbons (Fsp3) is 0.533. The number of aliphatic carboxylic acids is 1. The van der Waals surface area contributed by atoms with E-state index in [4.69, 9.17) is 5.11 Å². The van der Waals surface area contributed by atoms with Gasteiger partial charge in [-0.05, 0) is 37.5 Å². The van der Waals surface area contributed by atoms with Crippen molar-refractivity contribution in [3.05, 3.63) is 29.8 Å². The SMILES string of the molecule is CCCc1ccc(S(=O)(=O)N2CCC(C(=O)O)C2C)cc1. The highest BCUT2D eigenvalue weighted by atomic mass is 32.2. The Bertz CT molecular complexity index is 609. The van der Waals surface area contributed by atoms with Crippen molar-refractivity contribution in [3.63, 3.8) is 0 Å². The summed E-state index contributed by atoms with van der Waals surface area (Å²) in [5.74, 6) is -1.56. The Labute approximate surface area is 125 Å². The van der Waals surface area contributed by atoms with E-state index in [-0.39, 0.29) is 11.4 Å². The van der Waals surface area contributed by atoms with Crippen LogP contribution in [0.3, 0.4) is 0 Å². The predicted octanol–water partition coefficient (Wildman–Crippen LogP) is 2.12. The van der Waals surface area contributed by atoms with Gasteiger partial charge < -0.3 is 5.11 Å². The number of sulfonamides is 1. The second-order valence-corrected chi connectivity index (χ2v) is 7.37. The average Bonchev–Trinajstić information content (AvgIpc) is 2.82. The molecule has 1 aromatic rings. The zero-order chi connectivity index (χ0) is 15.6. The zero-order valence-corrected chi connectivity index (χ0v) is 13.1. The Hall–Kier alpha value is -1.40. The lowest BCUT2D eigenvalue weighted by Gasteiger charge is -2.22. The Morgan fingerprint density at radius 3 is 2.43 bits per heavy atom. The molecule has 0 aromatic heterocycles. The first-order valence-corrected chi connectivity index (χ1v) is 8.65. The Balaban J connectivity index is 2.24. The highest BCUT2D eigenvalue weighted by molar-refractivity contribution is 7.89. The third-order valence-electron chi connectivity index (χ3n) is 4.08. The molecule has 2 unspecified atom stereocenters. The smallest absolute Gasteiger partial charge is 0.308 e. The number of nitrogens with zero attached hydrogens (tertiary/aromatic N) is 1. The van der Waals surface area contributed by atoms with Gasteiger partial charge >= 0.3 is 5.97 Å². The molecule has 2 rings (SSSR count). The maximum absolute atomic E-state index is 12.6. The summed E-state index contributed by atoms with van der Waals surface area (Å²) < 4.78 is 26.5. The lowest BCUT2D eigenvalue weighted by molar-refractivity contribution is -0.142. The topological polar surface area (TPSA) is 74.7 Å². The van der Waals surface area contributed by atoms with Gasteiger partial charge in [0.1, 0.15) is 0 Å². The lowest BCUT2D eigenvalue weighted by Crippen LogP contribution is -2.37. The highest BCUT2D eigenvalue weighted by Crippen LogP contribution is 2.30. The number of benzene rings is 1. The molecule has 0 spiro atoms. The number of aryl methyl sites for hydroxylation is 1. The third kappa shape index (κ3) is 3.11. The van der Waals surface area contributed by atoms with Crippen LogP contribution in [0.4, 0.5) is 0 Å². The van der Waals surface area contributed by atoms with Gasteiger partial charge in [0, 0.05) is 12.6 Å². The maximum Gasteiger partial charge on any atom is 0.308 e. The Morgan fingerprint density at radius 1 is 1.33 bits per heavy atom. The number of hydrogen-bond acceptors (Lipinski definition) is 3. The largest absolute Gasteiger partial charge is 0.481 e. The minimum absolute atomic E-state index is 0.236. The van der Waals surface area contributed by atoms with Crippen molar-refractivity contribution in [1.29, 1.82) is 0 Å². The van der Waals surface area contributed by atoms with E-state index in [1.165, 1.54) is 4.31 Å². The molecule has 0 aliphatic carbocycles. The molecule has 1 N–H and O–H groups in total. The first-order valence-electron chi connectivity index (χ1n) is 7.21. The van der Waals surface area contributed by atoms with E-state index in [1.807, 2.05) is 12.1 Å². The molecule has 116 valence electrons. The van der Waals surface area contributed by atoms with Crippen molar-refractivity contribution < 1.29 is 18.3 Å². The second kappa shape index (κ2) is 6.15. The molecular weight excluding hydrogens is 290 g/mol. The van der Waals surface area contributed by atoms with Crippen LogP contribution in [-0.2, 0) is 21.2 Å². The molecule has 1 aliphatic rings. The number of rotatable bonds is 5. The summed E-state index contributed by atoms with van der Waals surface area (Å²) in [6.45, 7) is 3.99. The van der Waals surface area contributed by atoms with E-state index in [0.29, 0.717) is 6.42 Å². The molecule has 0 amide bonds. The molecule has 0 radical (unpaired) electrons. The third-order valence-corrected chi connectivity index (χ3v) is 6.08. The van der Waals surface area contributed by atoms with Gasteiger partial charge in [0.15, 0.2) is 0 Å². The van der Waals surface area contributed by atoms with Crippen LogP contribution in [0.25, 0.3) is 0 Å². The van der Waals surface area contributed by atoms with E-state index < -0.39 is 28.0 Å². The predicted molar refractivity (Wildman–Crippen MR) is 79.5 cm³/mol. The van der Waals surface area contributed by atoms with Gasteiger partial charge in [-0.25, -0.2) is 8.42 Å². The molecule has 6 heteroatoms. The van der Waals surface area contributed by atoms with Crippen molar-refractivity contribution in [1.82, 2.24) is 4.31 Å². The van der Waals surface area contributed by atoms with Gasteiger partial charge in [-0.3, -0.25) is 4.79 Å². The van der Waals surface area contributed by atoms with Gasteiger partial charge in [-0.2, -0.15) is 4.31 Å². The van der Waals surface area contributed by atoms with Gasteiger partial charge in [0.05, 0.1) is 10.8 Å². The van der Waals surface area contributed by atoms with Crippen LogP contribution in [0.1, 0.15) is 32.3 Å². The molecule has 0 bridgehead atoms. The Kier molecular flexibility index (Phi) is 4.68. The Morgan fingerprint density at radius 2 is 1.95 bits per heavy atom. The summed E-state index contributed by atoms with van der Waals surface area (Å²) in [6, 6.07) is 6.36. The van der Waals surface area contributed by atoms with E-state index in [9.17, 15) is 13.2 Å². The second-order valence-electron chi connectivity index (χ2n) is 5.48. The van der Waals surface area contributed by atoms with Crippen LogP contribution in [0, 0.1) is 5.92 Å². The van der Waals surface area contributed by atoms with Crippen molar-refractivity contribution in [2.45, 2.75) is 44.0 Å². The van der Waals surface area contributed by atoms with Crippen LogP contribution in [-0.4, -0.2) is 36.4 Å². The molecule has 2 atom stereocenters. The van der Waals surface area contributed by atoms with Gasteiger partial charge in [-0.1, -0.05) is 25.5 Å². The molecule has 1 aromatic carbocycles. The van der Waals surface area contributed by atoms with Crippen molar-refractivity contribution in [2.24, 2.45) is 5.92 Å². The normalized spacial score (nSPS) is 23.3. The monoisotopic (exact) mass is 311 g/mol. The van der Waals surface area contributed by atoms with E-state index >= 15 is 0 Å². The summed E-state index contributed by atoms with van der Waals surface area (Å²) in [6.07, 6.45) is 2.29. The van der Waals surface area contributed by atoms with E-state index in [1.54, 1.807) is 19.1 Å². The highest BCUT2D eigenvalue weighted by Gasteiger charge is 2.42. The first kappa shape index (κ1) is 16.0. The van der Waals surface area contributed by atoms with E-state index in [2.05, 4.69) is 6.92 Å². The zero-order valence-electron chi connectivity index (χ0n) is 12.3. The molecule has 5 nitrogen and oxygen atoms in total. The van der Waals surface area contributed by atoms with E-state index in [0.717, 1.165) is 18.4 Å². The van der Waals surface area contributed by atoms with Crippen LogP contribution in [0.2, 0.25) is 0 Å². The van der Waals surface area contributed by atoms with Crippen LogP contribution in [0.5, 0.6) is 0 Å². The maximum atomic E-state index is 12.6. The summed E-state index contributed by atoms with van der Waals surface area (Å²) in [5, 5.41) is 9.11. The van der Waals surface area contributed by atoms with Gasteiger partial charge in [0.25, 0.3) is 0 Å². The van der Waals surface area contributed by atoms with Gasteiger partial charge in [-0.15, -0.1) is 0 Å². The van der Waals surface area contributed by atoms with Crippen LogP contribution < -0.4 is 0 Å². The molecule has 1 aliphatic heterocycles. The number of carboxylic acids is 1.